The quantitative estimate of drug-likeness (QED) is 0.683. The molecule has 5 N–H and O–H groups in total. The number of carbonyl (C=O) groups excluding carboxylic acids is 2. The number of amides is 2. The minimum absolute atomic E-state index is 0.00361. The standard InChI is InChI=1S/C18H25N7O2/c19-10-13-2-1-9-25(13)18(27)14(20)11-3-5-12(6-4-11)24-17(26)15-16(21)23-8-7-22-15/h7-8,11-14H,1-6,9,20H2,(H2,21,23)(H,24,26)/t11-,12-,13-,14-/m0/s1. The van der Waals surface area contributed by atoms with E-state index in [-0.39, 0.29) is 41.3 Å². The fourth-order valence-electron chi connectivity index (χ4n) is 3.96. The van der Waals surface area contributed by atoms with Crippen molar-refractivity contribution in [2.75, 3.05) is 12.3 Å². The Hall–Kier alpha value is -2.73. The minimum atomic E-state index is -0.591. The van der Waals surface area contributed by atoms with Gasteiger partial charge < -0.3 is 21.7 Å². The second-order valence-electron chi connectivity index (χ2n) is 7.22. The van der Waals surface area contributed by atoms with Gasteiger partial charge in [-0.2, -0.15) is 5.26 Å². The number of nitrogens with two attached hydrogens (primary N) is 2. The van der Waals surface area contributed by atoms with E-state index in [0.717, 1.165) is 38.5 Å². The monoisotopic (exact) mass is 371 g/mol. The van der Waals surface area contributed by atoms with Crippen LogP contribution in [-0.2, 0) is 4.79 Å². The number of nitrogen functional groups attached to an aromatic ring is 1. The molecule has 2 atom stereocenters. The summed E-state index contributed by atoms with van der Waals surface area (Å²) in [4.78, 5) is 34.4. The fourth-order valence-corrected chi connectivity index (χ4v) is 3.96. The molecule has 2 aliphatic rings. The molecule has 0 radical (unpaired) electrons. The Bertz CT molecular complexity index is 739. The molecule has 2 fully saturated rings. The summed E-state index contributed by atoms with van der Waals surface area (Å²) >= 11 is 0. The third-order valence-corrected chi connectivity index (χ3v) is 5.53. The van der Waals surface area contributed by atoms with Crippen molar-refractivity contribution in [3.8, 4) is 6.07 Å². The number of aromatic nitrogens is 2. The molecule has 1 saturated carbocycles. The molecular formula is C18H25N7O2. The van der Waals surface area contributed by atoms with Crippen LogP contribution in [0.3, 0.4) is 0 Å². The molecule has 144 valence electrons. The first kappa shape index (κ1) is 19.0. The highest BCUT2D eigenvalue weighted by molar-refractivity contribution is 5.96. The summed E-state index contributed by atoms with van der Waals surface area (Å²) in [5, 5.41) is 12.1. The number of nitriles is 1. The van der Waals surface area contributed by atoms with Gasteiger partial charge in [-0.1, -0.05) is 0 Å². The molecule has 2 heterocycles. The maximum atomic E-state index is 12.6. The summed E-state index contributed by atoms with van der Waals surface area (Å²) in [6, 6.07) is 1.24. The van der Waals surface area contributed by atoms with Gasteiger partial charge in [0.2, 0.25) is 5.91 Å². The average Bonchev–Trinajstić information content (AvgIpc) is 3.16. The number of nitrogens with zero attached hydrogens (tertiary/aromatic N) is 4. The van der Waals surface area contributed by atoms with Crippen molar-refractivity contribution in [3.05, 3.63) is 18.1 Å². The highest BCUT2D eigenvalue weighted by Crippen LogP contribution is 2.28. The fraction of sp³-hybridized carbons (Fsp3) is 0.611. The van der Waals surface area contributed by atoms with E-state index in [1.54, 1.807) is 4.90 Å². The zero-order valence-electron chi connectivity index (χ0n) is 15.2. The van der Waals surface area contributed by atoms with E-state index in [1.807, 2.05) is 0 Å². The van der Waals surface area contributed by atoms with E-state index >= 15 is 0 Å². The number of hydrogen-bond donors (Lipinski definition) is 3. The highest BCUT2D eigenvalue weighted by Gasteiger charge is 2.36. The molecule has 27 heavy (non-hydrogen) atoms. The molecule has 1 aromatic heterocycles. The topological polar surface area (TPSA) is 151 Å². The second kappa shape index (κ2) is 8.31. The van der Waals surface area contributed by atoms with Crippen molar-refractivity contribution in [1.82, 2.24) is 20.2 Å². The van der Waals surface area contributed by atoms with Crippen LogP contribution in [-0.4, -0.2) is 51.4 Å². The summed E-state index contributed by atoms with van der Waals surface area (Å²) in [6.07, 6.45) is 7.41. The van der Waals surface area contributed by atoms with Crippen molar-refractivity contribution in [1.29, 1.82) is 5.26 Å². The Morgan fingerprint density at radius 1 is 1.22 bits per heavy atom. The van der Waals surface area contributed by atoms with Gasteiger partial charge in [0.05, 0.1) is 12.1 Å². The lowest BCUT2D eigenvalue weighted by Crippen LogP contribution is -2.50. The smallest absolute Gasteiger partial charge is 0.273 e. The molecule has 0 spiro atoms. The van der Waals surface area contributed by atoms with Crippen LogP contribution in [0, 0.1) is 17.2 Å². The van der Waals surface area contributed by atoms with Crippen LogP contribution in [0.2, 0.25) is 0 Å². The summed E-state index contributed by atoms with van der Waals surface area (Å²) < 4.78 is 0. The third kappa shape index (κ3) is 4.17. The van der Waals surface area contributed by atoms with Gasteiger partial charge in [0, 0.05) is 25.0 Å². The number of likely N-dealkylation sites (tertiary alicyclic amines) is 1. The second-order valence-corrected chi connectivity index (χ2v) is 7.22. The maximum Gasteiger partial charge on any atom is 0.273 e. The van der Waals surface area contributed by atoms with E-state index in [1.165, 1.54) is 12.4 Å². The van der Waals surface area contributed by atoms with Crippen LogP contribution in [0.15, 0.2) is 12.4 Å². The molecule has 9 heteroatoms. The van der Waals surface area contributed by atoms with E-state index in [2.05, 4.69) is 21.4 Å². The number of nitrogens with one attached hydrogen (secondary N) is 1. The zero-order chi connectivity index (χ0) is 19.4. The molecule has 1 aliphatic carbocycles. The average molecular weight is 371 g/mol. The van der Waals surface area contributed by atoms with Gasteiger partial charge in [0.15, 0.2) is 11.5 Å². The van der Waals surface area contributed by atoms with E-state index in [9.17, 15) is 9.59 Å². The van der Waals surface area contributed by atoms with E-state index in [0.29, 0.717) is 6.54 Å². The largest absolute Gasteiger partial charge is 0.382 e. The lowest BCUT2D eigenvalue weighted by Gasteiger charge is -2.34. The Kier molecular flexibility index (Phi) is 5.86. The summed E-state index contributed by atoms with van der Waals surface area (Å²) in [5.74, 6) is -0.293. The normalized spacial score (nSPS) is 26.2. The van der Waals surface area contributed by atoms with E-state index in [4.69, 9.17) is 16.7 Å². The first-order chi connectivity index (χ1) is 13.0. The Labute approximate surface area is 158 Å². The number of anilines is 1. The highest BCUT2D eigenvalue weighted by atomic mass is 16.2. The maximum absolute atomic E-state index is 12.6. The van der Waals surface area contributed by atoms with Crippen LogP contribution < -0.4 is 16.8 Å². The van der Waals surface area contributed by atoms with Gasteiger partial charge in [0.25, 0.3) is 5.91 Å². The predicted octanol–water partition coefficient (Wildman–Crippen LogP) is 0.189. The predicted molar refractivity (Wildman–Crippen MR) is 98.0 cm³/mol. The molecule has 1 aliphatic heterocycles. The summed E-state index contributed by atoms with van der Waals surface area (Å²) in [5.41, 5.74) is 12.0. The number of hydrogen-bond acceptors (Lipinski definition) is 7. The van der Waals surface area contributed by atoms with E-state index < -0.39 is 6.04 Å². The lowest BCUT2D eigenvalue weighted by molar-refractivity contribution is -0.134. The van der Waals surface area contributed by atoms with Gasteiger partial charge in [-0.05, 0) is 44.4 Å². The van der Waals surface area contributed by atoms with Gasteiger partial charge >= 0.3 is 0 Å². The van der Waals surface area contributed by atoms with Crippen LogP contribution >= 0.6 is 0 Å². The molecule has 0 unspecified atom stereocenters. The number of carbonyl (C=O) groups is 2. The summed E-state index contributed by atoms with van der Waals surface area (Å²) in [7, 11) is 0. The van der Waals surface area contributed by atoms with Gasteiger partial charge in [0.1, 0.15) is 6.04 Å². The molecule has 0 bridgehead atoms. The Balaban J connectivity index is 1.51. The third-order valence-electron chi connectivity index (χ3n) is 5.53. The van der Waals surface area contributed by atoms with Crippen LogP contribution in [0.5, 0.6) is 0 Å². The van der Waals surface area contributed by atoms with Gasteiger partial charge in [-0.3, -0.25) is 9.59 Å². The number of rotatable bonds is 4. The Morgan fingerprint density at radius 3 is 2.59 bits per heavy atom. The SMILES string of the molecule is N#C[C@@H]1CCCN1C(=O)[C@@H](N)[C@H]1CC[C@H](NC(=O)c2nccnc2N)CC1. The van der Waals surface area contributed by atoms with Crippen LogP contribution in [0.25, 0.3) is 0 Å². The minimum Gasteiger partial charge on any atom is -0.382 e. The molecule has 0 aromatic carbocycles. The first-order valence-corrected chi connectivity index (χ1v) is 9.34. The van der Waals surface area contributed by atoms with Crippen molar-refractivity contribution in [2.45, 2.75) is 56.7 Å². The van der Waals surface area contributed by atoms with Crippen LogP contribution in [0.1, 0.15) is 49.0 Å². The van der Waals surface area contributed by atoms with Crippen molar-refractivity contribution < 1.29 is 9.59 Å². The summed E-state index contributed by atoms with van der Waals surface area (Å²) in [6.45, 7) is 0.607. The molecule has 1 aromatic rings. The molecule has 2 amide bonds. The lowest BCUT2D eigenvalue weighted by atomic mass is 9.81. The molecule has 1 saturated heterocycles. The van der Waals surface area contributed by atoms with Crippen molar-refractivity contribution >= 4 is 17.6 Å². The van der Waals surface area contributed by atoms with Crippen molar-refractivity contribution in [2.24, 2.45) is 11.7 Å². The molecule has 3 rings (SSSR count). The molecular weight excluding hydrogens is 346 g/mol. The first-order valence-electron chi connectivity index (χ1n) is 9.34. The zero-order valence-corrected chi connectivity index (χ0v) is 15.2. The van der Waals surface area contributed by atoms with Gasteiger partial charge in [-0.15, -0.1) is 0 Å². The Morgan fingerprint density at radius 2 is 1.93 bits per heavy atom. The molecule has 9 nitrogen and oxygen atoms in total. The van der Waals surface area contributed by atoms with Crippen molar-refractivity contribution in [3.63, 3.8) is 0 Å². The van der Waals surface area contributed by atoms with Crippen LogP contribution in [0.4, 0.5) is 5.82 Å². The van der Waals surface area contributed by atoms with Gasteiger partial charge in [-0.25, -0.2) is 9.97 Å².